The number of methoxy groups -OCH3 is 2. The summed E-state index contributed by atoms with van der Waals surface area (Å²) in [6.45, 7) is 4.85. The number of anilines is 1. The lowest BCUT2D eigenvalue weighted by molar-refractivity contribution is 0.0743. The van der Waals surface area contributed by atoms with Crippen molar-refractivity contribution < 1.29 is 14.3 Å². The van der Waals surface area contributed by atoms with Gasteiger partial charge in [-0.3, -0.25) is 4.79 Å². The van der Waals surface area contributed by atoms with Crippen molar-refractivity contribution >= 4 is 11.6 Å². The molecule has 1 aromatic carbocycles. The number of hydrogen-bond donors (Lipinski definition) is 0. The van der Waals surface area contributed by atoms with Gasteiger partial charge in [0.25, 0.3) is 5.91 Å². The van der Waals surface area contributed by atoms with Crippen LogP contribution in [0.1, 0.15) is 15.9 Å². The molecule has 0 aliphatic carbocycles. The van der Waals surface area contributed by atoms with Crippen molar-refractivity contribution in [1.82, 2.24) is 9.88 Å². The molecule has 2 aromatic rings. The van der Waals surface area contributed by atoms with Crippen molar-refractivity contribution in [3.63, 3.8) is 0 Å². The zero-order valence-electron chi connectivity index (χ0n) is 14.9. The highest BCUT2D eigenvalue weighted by Gasteiger charge is 2.24. The van der Waals surface area contributed by atoms with E-state index >= 15 is 0 Å². The molecule has 0 bridgehead atoms. The number of carbonyl (C=O) groups is 1. The number of aryl methyl sites for hydroxylation is 1. The third kappa shape index (κ3) is 3.68. The number of carbonyl (C=O) groups excluding carboxylic acids is 1. The minimum absolute atomic E-state index is 0.0208. The third-order valence-corrected chi connectivity index (χ3v) is 4.44. The first-order valence-corrected chi connectivity index (χ1v) is 8.31. The monoisotopic (exact) mass is 341 g/mol. The zero-order valence-corrected chi connectivity index (χ0v) is 14.9. The summed E-state index contributed by atoms with van der Waals surface area (Å²) in [4.78, 5) is 21.1. The van der Waals surface area contributed by atoms with Gasteiger partial charge in [0.05, 0.1) is 19.8 Å². The number of piperazine rings is 1. The Kier molecular flexibility index (Phi) is 5.07. The smallest absolute Gasteiger partial charge is 0.257 e. The Balaban J connectivity index is 1.69. The number of nitrogens with zero attached hydrogens (tertiary/aromatic N) is 3. The van der Waals surface area contributed by atoms with Crippen LogP contribution in [0.3, 0.4) is 0 Å². The van der Waals surface area contributed by atoms with E-state index in [9.17, 15) is 4.79 Å². The Morgan fingerprint density at radius 1 is 1.04 bits per heavy atom. The van der Waals surface area contributed by atoms with E-state index in [4.69, 9.17) is 9.47 Å². The molecule has 1 saturated heterocycles. The molecule has 0 atom stereocenters. The molecule has 2 heterocycles. The average Bonchev–Trinajstić information content (AvgIpc) is 2.67. The number of pyridine rings is 1. The van der Waals surface area contributed by atoms with Gasteiger partial charge in [-0.05, 0) is 25.1 Å². The second-order valence-corrected chi connectivity index (χ2v) is 6.04. The molecule has 132 valence electrons. The first kappa shape index (κ1) is 17.1. The molecule has 1 aliphatic rings. The zero-order chi connectivity index (χ0) is 17.8. The fourth-order valence-electron chi connectivity index (χ4n) is 3.03. The topological polar surface area (TPSA) is 54.9 Å². The average molecular weight is 341 g/mol. The third-order valence-electron chi connectivity index (χ3n) is 4.44. The lowest BCUT2D eigenvalue weighted by Crippen LogP contribution is -2.48. The van der Waals surface area contributed by atoms with Gasteiger partial charge in [0.1, 0.15) is 5.75 Å². The van der Waals surface area contributed by atoms with Gasteiger partial charge in [-0.15, -0.1) is 0 Å². The maximum atomic E-state index is 12.9. The minimum Gasteiger partial charge on any atom is -0.496 e. The van der Waals surface area contributed by atoms with Gasteiger partial charge in [0.2, 0.25) is 5.88 Å². The van der Waals surface area contributed by atoms with Crippen molar-refractivity contribution in [1.29, 1.82) is 0 Å². The van der Waals surface area contributed by atoms with E-state index in [1.165, 1.54) is 0 Å². The van der Waals surface area contributed by atoms with Crippen LogP contribution in [0.2, 0.25) is 0 Å². The molecule has 0 N–H and O–H groups in total. The summed E-state index contributed by atoms with van der Waals surface area (Å²) in [5.41, 5.74) is 2.74. The lowest BCUT2D eigenvalue weighted by atomic mass is 10.1. The van der Waals surface area contributed by atoms with Crippen LogP contribution in [-0.4, -0.2) is 56.2 Å². The van der Waals surface area contributed by atoms with Crippen LogP contribution in [0.4, 0.5) is 5.69 Å². The second-order valence-electron chi connectivity index (χ2n) is 6.04. The second kappa shape index (κ2) is 7.42. The van der Waals surface area contributed by atoms with E-state index in [0.29, 0.717) is 30.3 Å². The predicted molar refractivity (Wildman–Crippen MR) is 96.6 cm³/mol. The first-order chi connectivity index (χ1) is 12.1. The lowest BCUT2D eigenvalue weighted by Gasteiger charge is -2.36. The summed E-state index contributed by atoms with van der Waals surface area (Å²) in [5.74, 6) is 1.24. The van der Waals surface area contributed by atoms with E-state index in [1.54, 1.807) is 20.4 Å². The maximum absolute atomic E-state index is 12.9. The Morgan fingerprint density at radius 2 is 1.80 bits per heavy atom. The normalized spacial score (nSPS) is 14.4. The number of benzene rings is 1. The van der Waals surface area contributed by atoms with Gasteiger partial charge in [0.15, 0.2) is 0 Å². The number of amides is 1. The van der Waals surface area contributed by atoms with E-state index < -0.39 is 0 Å². The summed E-state index contributed by atoms with van der Waals surface area (Å²) < 4.78 is 10.5. The Bertz CT molecular complexity index is 755. The number of hydrogen-bond acceptors (Lipinski definition) is 5. The Hall–Kier alpha value is -2.76. The van der Waals surface area contributed by atoms with Crippen LogP contribution in [-0.2, 0) is 0 Å². The number of ether oxygens (including phenoxy) is 2. The highest BCUT2D eigenvalue weighted by atomic mass is 16.5. The van der Waals surface area contributed by atoms with Gasteiger partial charge in [-0.2, -0.15) is 0 Å². The molecule has 25 heavy (non-hydrogen) atoms. The molecule has 1 aliphatic heterocycles. The van der Waals surface area contributed by atoms with E-state index in [2.05, 4.69) is 9.88 Å². The van der Waals surface area contributed by atoms with Crippen LogP contribution in [0.15, 0.2) is 36.5 Å². The molecule has 6 heteroatoms. The minimum atomic E-state index is 0.0208. The van der Waals surface area contributed by atoms with E-state index in [1.807, 2.05) is 42.2 Å². The predicted octanol–water partition coefficient (Wildman–Crippen LogP) is 2.37. The maximum Gasteiger partial charge on any atom is 0.257 e. The van der Waals surface area contributed by atoms with Crippen molar-refractivity contribution in [3.8, 4) is 11.6 Å². The van der Waals surface area contributed by atoms with Crippen molar-refractivity contribution in [2.45, 2.75) is 6.92 Å². The summed E-state index contributed by atoms with van der Waals surface area (Å²) in [6.07, 6.45) is 1.74. The molecule has 0 unspecified atom stereocenters. The van der Waals surface area contributed by atoms with Crippen molar-refractivity contribution in [3.05, 3.63) is 47.7 Å². The molecule has 6 nitrogen and oxygen atoms in total. The quantitative estimate of drug-likeness (QED) is 0.855. The fourth-order valence-corrected chi connectivity index (χ4v) is 3.03. The van der Waals surface area contributed by atoms with Gasteiger partial charge in [0, 0.05) is 44.1 Å². The van der Waals surface area contributed by atoms with Gasteiger partial charge < -0.3 is 19.3 Å². The van der Waals surface area contributed by atoms with Gasteiger partial charge in [-0.25, -0.2) is 4.98 Å². The number of aromatic nitrogens is 1. The summed E-state index contributed by atoms with van der Waals surface area (Å²) in [7, 11) is 3.20. The van der Waals surface area contributed by atoms with Crippen LogP contribution >= 0.6 is 0 Å². The SMILES string of the molecule is COc1cc(N2CCN(C(=O)c3cc(C)ccc3OC)CC2)ccn1. The van der Waals surface area contributed by atoms with Crippen LogP contribution in [0.5, 0.6) is 11.6 Å². The van der Waals surface area contributed by atoms with Crippen LogP contribution in [0, 0.1) is 6.92 Å². The Morgan fingerprint density at radius 3 is 2.48 bits per heavy atom. The summed E-state index contributed by atoms with van der Waals surface area (Å²) >= 11 is 0. The van der Waals surface area contributed by atoms with Crippen molar-refractivity contribution in [2.75, 3.05) is 45.3 Å². The number of rotatable bonds is 4. The van der Waals surface area contributed by atoms with Crippen LogP contribution < -0.4 is 14.4 Å². The highest BCUT2D eigenvalue weighted by Crippen LogP contribution is 2.24. The molecule has 0 radical (unpaired) electrons. The molecular formula is C19H23N3O3. The molecule has 0 saturated carbocycles. The molecular weight excluding hydrogens is 318 g/mol. The highest BCUT2D eigenvalue weighted by molar-refractivity contribution is 5.97. The Labute approximate surface area is 148 Å². The summed E-state index contributed by atoms with van der Waals surface area (Å²) in [6, 6.07) is 9.57. The molecule has 1 aromatic heterocycles. The van der Waals surface area contributed by atoms with Crippen molar-refractivity contribution in [2.24, 2.45) is 0 Å². The molecule has 1 amide bonds. The van der Waals surface area contributed by atoms with Gasteiger partial charge >= 0.3 is 0 Å². The summed E-state index contributed by atoms with van der Waals surface area (Å²) in [5, 5.41) is 0. The largest absolute Gasteiger partial charge is 0.496 e. The van der Waals surface area contributed by atoms with Crippen LogP contribution in [0.25, 0.3) is 0 Å². The van der Waals surface area contributed by atoms with E-state index in [0.717, 1.165) is 24.3 Å². The fraction of sp³-hybridized carbons (Fsp3) is 0.368. The first-order valence-electron chi connectivity index (χ1n) is 8.31. The standard InChI is InChI=1S/C19H23N3O3/c1-14-4-5-17(24-2)16(12-14)19(23)22-10-8-21(9-11-22)15-6-7-20-18(13-15)25-3/h4-7,12-13H,8-11H2,1-3H3. The molecule has 1 fully saturated rings. The molecule has 0 spiro atoms. The van der Waals surface area contributed by atoms with E-state index in [-0.39, 0.29) is 5.91 Å². The van der Waals surface area contributed by atoms with Gasteiger partial charge in [-0.1, -0.05) is 11.6 Å². The molecule has 3 rings (SSSR count).